The van der Waals surface area contributed by atoms with Crippen molar-refractivity contribution < 1.29 is 4.74 Å². The SMILES string of the molecule is COc1cccc(C2CCC(N)CC2)c1.Cl. The van der Waals surface area contributed by atoms with E-state index in [1.807, 2.05) is 6.07 Å². The summed E-state index contributed by atoms with van der Waals surface area (Å²) in [6.45, 7) is 0. The zero-order valence-corrected chi connectivity index (χ0v) is 10.5. The highest BCUT2D eigenvalue weighted by atomic mass is 35.5. The second kappa shape index (κ2) is 6.12. The molecule has 0 aromatic heterocycles. The van der Waals surface area contributed by atoms with E-state index in [9.17, 15) is 0 Å². The van der Waals surface area contributed by atoms with E-state index in [0.717, 1.165) is 18.6 Å². The van der Waals surface area contributed by atoms with E-state index in [4.69, 9.17) is 10.5 Å². The average Bonchev–Trinajstić information content (AvgIpc) is 2.30. The minimum atomic E-state index is 0. The highest BCUT2D eigenvalue weighted by molar-refractivity contribution is 5.85. The van der Waals surface area contributed by atoms with Crippen LogP contribution in [-0.2, 0) is 0 Å². The van der Waals surface area contributed by atoms with Crippen molar-refractivity contribution in [3.8, 4) is 5.75 Å². The van der Waals surface area contributed by atoms with Crippen molar-refractivity contribution in [2.45, 2.75) is 37.6 Å². The lowest BCUT2D eigenvalue weighted by molar-refractivity contribution is 0.390. The van der Waals surface area contributed by atoms with Crippen LogP contribution < -0.4 is 10.5 Å². The standard InChI is InChI=1S/C13H19NO.ClH/c1-15-13-4-2-3-11(9-13)10-5-7-12(14)8-6-10;/h2-4,9-10,12H,5-8,14H2,1H3;1H. The Morgan fingerprint density at radius 2 is 1.88 bits per heavy atom. The first kappa shape index (κ1) is 13.3. The number of methoxy groups -OCH3 is 1. The van der Waals surface area contributed by atoms with E-state index < -0.39 is 0 Å². The summed E-state index contributed by atoms with van der Waals surface area (Å²) in [6.07, 6.45) is 4.74. The van der Waals surface area contributed by atoms with Gasteiger partial charge in [-0.25, -0.2) is 0 Å². The molecule has 0 amide bonds. The van der Waals surface area contributed by atoms with Gasteiger partial charge in [0.2, 0.25) is 0 Å². The molecule has 0 bridgehead atoms. The molecule has 1 aliphatic rings. The van der Waals surface area contributed by atoms with Gasteiger partial charge in [-0.05, 0) is 49.3 Å². The molecule has 16 heavy (non-hydrogen) atoms. The molecule has 0 saturated heterocycles. The van der Waals surface area contributed by atoms with Gasteiger partial charge in [-0.15, -0.1) is 12.4 Å². The molecule has 1 saturated carbocycles. The number of nitrogens with two attached hydrogens (primary N) is 1. The third kappa shape index (κ3) is 3.13. The fourth-order valence-electron chi connectivity index (χ4n) is 2.35. The Morgan fingerprint density at radius 3 is 2.50 bits per heavy atom. The molecule has 90 valence electrons. The molecule has 0 atom stereocenters. The normalized spacial score (nSPS) is 24.6. The van der Waals surface area contributed by atoms with Gasteiger partial charge in [0, 0.05) is 6.04 Å². The van der Waals surface area contributed by atoms with Gasteiger partial charge < -0.3 is 10.5 Å². The van der Waals surface area contributed by atoms with Crippen LogP contribution in [0.5, 0.6) is 5.75 Å². The Labute approximate surface area is 104 Å². The third-order valence-electron chi connectivity index (χ3n) is 3.34. The van der Waals surface area contributed by atoms with E-state index in [-0.39, 0.29) is 12.4 Å². The second-order valence-electron chi connectivity index (χ2n) is 4.39. The fourth-order valence-corrected chi connectivity index (χ4v) is 2.35. The Morgan fingerprint density at radius 1 is 1.19 bits per heavy atom. The smallest absolute Gasteiger partial charge is 0.119 e. The van der Waals surface area contributed by atoms with Crippen LogP contribution in [0.25, 0.3) is 0 Å². The predicted molar refractivity (Wildman–Crippen MR) is 69.4 cm³/mol. The van der Waals surface area contributed by atoms with Gasteiger partial charge in [-0.3, -0.25) is 0 Å². The molecular formula is C13H20ClNO. The lowest BCUT2D eigenvalue weighted by Gasteiger charge is -2.26. The van der Waals surface area contributed by atoms with E-state index in [1.54, 1.807) is 7.11 Å². The molecule has 1 aliphatic carbocycles. The van der Waals surface area contributed by atoms with Crippen LogP contribution >= 0.6 is 12.4 Å². The molecule has 2 rings (SSSR count). The summed E-state index contributed by atoms with van der Waals surface area (Å²) in [4.78, 5) is 0. The second-order valence-corrected chi connectivity index (χ2v) is 4.39. The molecular weight excluding hydrogens is 222 g/mol. The largest absolute Gasteiger partial charge is 0.497 e. The lowest BCUT2D eigenvalue weighted by atomic mass is 9.82. The van der Waals surface area contributed by atoms with Crippen molar-refractivity contribution in [3.63, 3.8) is 0 Å². The van der Waals surface area contributed by atoms with Crippen molar-refractivity contribution >= 4 is 12.4 Å². The number of ether oxygens (including phenoxy) is 1. The lowest BCUT2D eigenvalue weighted by Crippen LogP contribution is -2.25. The number of hydrogen-bond donors (Lipinski definition) is 1. The van der Waals surface area contributed by atoms with E-state index in [0.29, 0.717) is 12.0 Å². The predicted octanol–water partition coefficient (Wildman–Crippen LogP) is 3.10. The first-order valence-corrected chi connectivity index (χ1v) is 5.69. The quantitative estimate of drug-likeness (QED) is 0.864. The summed E-state index contributed by atoms with van der Waals surface area (Å²) in [5, 5.41) is 0. The molecule has 2 N–H and O–H groups in total. The molecule has 0 aliphatic heterocycles. The minimum absolute atomic E-state index is 0. The maximum Gasteiger partial charge on any atom is 0.119 e. The van der Waals surface area contributed by atoms with Gasteiger partial charge in [0.25, 0.3) is 0 Å². The third-order valence-corrected chi connectivity index (χ3v) is 3.34. The van der Waals surface area contributed by atoms with Crippen molar-refractivity contribution in [2.75, 3.05) is 7.11 Å². The van der Waals surface area contributed by atoms with Crippen LogP contribution in [0.3, 0.4) is 0 Å². The van der Waals surface area contributed by atoms with Crippen molar-refractivity contribution in [1.82, 2.24) is 0 Å². The summed E-state index contributed by atoms with van der Waals surface area (Å²) in [5.74, 6) is 1.64. The van der Waals surface area contributed by atoms with E-state index in [1.165, 1.54) is 18.4 Å². The Kier molecular flexibility index (Phi) is 5.10. The highest BCUT2D eigenvalue weighted by Crippen LogP contribution is 2.33. The molecule has 2 nitrogen and oxygen atoms in total. The molecule has 1 aromatic rings. The number of benzene rings is 1. The van der Waals surface area contributed by atoms with Crippen molar-refractivity contribution in [3.05, 3.63) is 29.8 Å². The summed E-state index contributed by atoms with van der Waals surface area (Å²) < 4.78 is 5.24. The van der Waals surface area contributed by atoms with Crippen LogP contribution in [0, 0.1) is 0 Å². The first-order valence-electron chi connectivity index (χ1n) is 5.69. The van der Waals surface area contributed by atoms with Crippen LogP contribution in [0.4, 0.5) is 0 Å². The minimum Gasteiger partial charge on any atom is -0.497 e. The zero-order chi connectivity index (χ0) is 10.7. The highest BCUT2D eigenvalue weighted by Gasteiger charge is 2.19. The Balaban J connectivity index is 0.00000128. The van der Waals surface area contributed by atoms with E-state index in [2.05, 4.69) is 18.2 Å². The number of halogens is 1. The maximum absolute atomic E-state index is 5.91. The summed E-state index contributed by atoms with van der Waals surface area (Å²) >= 11 is 0. The summed E-state index contributed by atoms with van der Waals surface area (Å²) in [6, 6.07) is 8.85. The Bertz CT molecular complexity index is 321. The molecule has 3 heteroatoms. The summed E-state index contributed by atoms with van der Waals surface area (Å²) in [5.41, 5.74) is 7.31. The van der Waals surface area contributed by atoms with Gasteiger partial charge in [-0.1, -0.05) is 12.1 Å². The summed E-state index contributed by atoms with van der Waals surface area (Å²) in [7, 11) is 1.72. The zero-order valence-electron chi connectivity index (χ0n) is 9.69. The Hall–Kier alpha value is -0.730. The van der Waals surface area contributed by atoms with Crippen LogP contribution in [0.2, 0.25) is 0 Å². The first-order chi connectivity index (χ1) is 7.29. The topological polar surface area (TPSA) is 35.2 Å². The molecule has 0 heterocycles. The van der Waals surface area contributed by atoms with Crippen molar-refractivity contribution in [1.29, 1.82) is 0 Å². The van der Waals surface area contributed by atoms with Crippen LogP contribution in [-0.4, -0.2) is 13.2 Å². The number of rotatable bonds is 2. The maximum atomic E-state index is 5.91. The van der Waals surface area contributed by atoms with Gasteiger partial charge in [0.1, 0.15) is 5.75 Å². The monoisotopic (exact) mass is 241 g/mol. The van der Waals surface area contributed by atoms with Gasteiger partial charge in [0.05, 0.1) is 7.11 Å². The van der Waals surface area contributed by atoms with E-state index >= 15 is 0 Å². The fraction of sp³-hybridized carbons (Fsp3) is 0.538. The molecule has 0 spiro atoms. The van der Waals surface area contributed by atoms with Gasteiger partial charge in [0.15, 0.2) is 0 Å². The number of hydrogen-bond acceptors (Lipinski definition) is 2. The molecule has 1 fully saturated rings. The van der Waals surface area contributed by atoms with Gasteiger partial charge in [-0.2, -0.15) is 0 Å². The average molecular weight is 242 g/mol. The van der Waals surface area contributed by atoms with Crippen LogP contribution in [0.1, 0.15) is 37.2 Å². The van der Waals surface area contributed by atoms with Gasteiger partial charge >= 0.3 is 0 Å². The molecule has 0 radical (unpaired) electrons. The van der Waals surface area contributed by atoms with Crippen molar-refractivity contribution in [2.24, 2.45) is 5.73 Å². The molecule has 0 unspecified atom stereocenters. The molecule has 1 aromatic carbocycles. The van der Waals surface area contributed by atoms with Crippen LogP contribution in [0.15, 0.2) is 24.3 Å².